The Labute approximate surface area is 389 Å². The first kappa shape index (κ1) is 53.8. The number of benzene rings is 1. The normalized spacial score (nSPS) is 22.1. The van der Waals surface area contributed by atoms with Crippen molar-refractivity contribution in [2.24, 2.45) is 28.8 Å². The average molecular weight is 927 g/mol. The van der Waals surface area contributed by atoms with Gasteiger partial charge in [0, 0.05) is 51.7 Å². The van der Waals surface area contributed by atoms with Gasteiger partial charge in [-0.25, -0.2) is 4.79 Å². The van der Waals surface area contributed by atoms with Gasteiger partial charge in [0.2, 0.25) is 29.5 Å². The second-order valence-electron chi connectivity index (χ2n) is 18.3. The lowest BCUT2D eigenvalue weighted by Gasteiger charge is -2.41. The summed E-state index contributed by atoms with van der Waals surface area (Å²) in [6, 6.07) is 5.18. The number of hydrogen-bond acceptors (Lipinski definition) is 11. The number of nitrogens with one attached hydrogen (secondary N) is 2. The standard InChI is InChI=1S/C47H74N8O11/c1-9-30(4)41(37(63-7)28-39(57)54-21-13-16-36(54)43(64-8)31(5)44(58)50-35(47(61)62)26-32-14-11-10-12-15-32)53(6)46(60)40(29(2)3)51-45(59)42-33-17-18-34(27-33)55(42)38(56)19-22-65-24-25-66-23-20-49-52-48/h10-12,14-15,29-31,33-37,40-43H,9,13,16-28H2,1-8H3,(H,50,58)(H,51,59)(H,61,62)/t30-,31+,33-,34+,35-,36-,37+,40-,41-,42-,43+/m0/s1. The quantitative estimate of drug-likeness (QED) is 0.0470. The fraction of sp³-hybridized carbons (Fsp3) is 0.745. The van der Waals surface area contributed by atoms with Crippen LogP contribution in [0, 0.1) is 23.7 Å². The van der Waals surface area contributed by atoms with E-state index in [4.69, 9.17) is 24.5 Å². The van der Waals surface area contributed by atoms with Gasteiger partial charge in [0.1, 0.15) is 18.1 Å². The first-order valence-electron chi connectivity index (χ1n) is 23.6. The number of rotatable bonds is 28. The van der Waals surface area contributed by atoms with E-state index in [1.54, 1.807) is 40.8 Å². The van der Waals surface area contributed by atoms with Crippen LogP contribution >= 0.6 is 0 Å². The van der Waals surface area contributed by atoms with E-state index in [0.29, 0.717) is 25.8 Å². The minimum Gasteiger partial charge on any atom is -0.480 e. The highest BCUT2D eigenvalue weighted by Crippen LogP contribution is 2.43. The van der Waals surface area contributed by atoms with E-state index in [2.05, 4.69) is 20.7 Å². The van der Waals surface area contributed by atoms with Crippen molar-refractivity contribution in [1.82, 2.24) is 25.3 Å². The lowest BCUT2D eigenvalue weighted by atomic mass is 9.89. The van der Waals surface area contributed by atoms with E-state index < -0.39 is 60.2 Å². The van der Waals surface area contributed by atoms with Crippen molar-refractivity contribution in [2.75, 3.05) is 60.8 Å². The third-order valence-corrected chi connectivity index (χ3v) is 13.8. The molecule has 19 heteroatoms. The summed E-state index contributed by atoms with van der Waals surface area (Å²) in [5, 5.41) is 19.1. The SMILES string of the molecule is CC[C@H](C)[C@@H]([C@@H](CC(=O)N1CCC[C@H]1[C@H](OC)[C@@H](C)C(=O)N[C@@H](Cc1ccccc1)C(=O)O)OC)N(C)C(=O)[C@@H](NC(=O)[C@@H]1[C@H]2CC[C@H](C2)N1C(=O)CCOCCOCCN=[N+]=[N-])C(C)C. The largest absolute Gasteiger partial charge is 0.480 e. The summed E-state index contributed by atoms with van der Waals surface area (Å²) in [5.74, 6) is -3.99. The number of likely N-dealkylation sites (N-methyl/N-ethyl adjacent to an activating group) is 1. The summed E-state index contributed by atoms with van der Waals surface area (Å²) in [6.07, 6.45) is 2.94. The molecule has 368 valence electrons. The number of fused-ring (bicyclic) bond motifs is 2. The number of piperidine rings is 1. The Balaban J connectivity index is 1.42. The van der Waals surface area contributed by atoms with E-state index >= 15 is 0 Å². The van der Waals surface area contributed by atoms with Gasteiger partial charge in [-0.05, 0) is 61.0 Å². The molecule has 1 saturated carbocycles. The molecule has 3 aliphatic rings. The molecule has 2 saturated heterocycles. The summed E-state index contributed by atoms with van der Waals surface area (Å²) >= 11 is 0. The van der Waals surface area contributed by atoms with Crippen LogP contribution in [0.5, 0.6) is 0 Å². The zero-order valence-electron chi connectivity index (χ0n) is 40.1. The van der Waals surface area contributed by atoms with Crippen LogP contribution < -0.4 is 10.6 Å². The molecule has 19 nitrogen and oxygen atoms in total. The van der Waals surface area contributed by atoms with Gasteiger partial charge in [-0.2, -0.15) is 0 Å². The summed E-state index contributed by atoms with van der Waals surface area (Å²) in [6.45, 7) is 11.0. The molecule has 3 N–H and O–H groups in total. The van der Waals surface area contributed by atoms with Crippen molar-refractivity contribution in [1.29, 1.82) is 0 Å². The molecule has 2 aliphatic heterocycles. The van der Waals surface area contributed by atoms with Crippen LogP contribution in [0.25, 0.3) is 10.4 Å². The Bertz CT molecular complexity index is 1820. The highest BCUT2D eigenvalue weighted by Gasteiger charge is 2.52. The van der Waals surface area contributed by atoms with Crippen molar-refractivity contribution in [3.63, 3.8) is 0 Å². The van der Waals surface area contributed by atoms with Crippen LogP contribution in [0.2, 0.25) is 0 Å². The number of methoxy groups -OCH3 is 2. The molecule has 4 rings (SSSR count). The fourth-order valence-corrected chi connectivity index (χ4v) is 10.1. The summed E-state index contributed by atoms with van der Waals surface area (Å²) in [4.78, 5) is 90.2. The zero-order valence-corrected chi connectivity index (χ0v) is 40.1. The lowest BCUT2D eigenvalue weighted by molar-refractivity contribution is -0.149. The topological polar surface area (TPSA) is 242 Å². The molecule has 1 aliphatic carbocycles. The van der Waals surface area contributed by atoms with Crippen LogP contribution in [0.15, 0.2) is 35.4 Å². The summed E-state index contributed by atoms with van der Waals surface area (Å²) in [7, 11) is 4.68. The van der Waals surface area contributed by atoms with Crippen LogP contribution in [-0.2, 0) is 54.1 Å². The van der Waals surface area contributed by atoms with Gasteiger partial charge in [-0.15, -0.1) is 0 Å². The van der Waals surface area contributed by atoms with Crippen LogP contribution in [-0.4, -0.2) is 165 Å². The monoisotopic (exact) mass is 927 g/mol. The van der Waals surface area contributed by atoms with E-state index in [9.17, 15) is 33.9 Å². The fourth-order valence-electron chi connectivity index (χ4n) is 10.1. The number of carbonyl (C=O) groups excluding carboxylic acids is 5. The Morgan fingerprint density at radius 2 is 1.64 bits per heavy atom. The minimum absolute atomic E-state index is 0.0208. The highest BCUT2D eigenvalue weighted by molar-refractivity contribution is 5.93. The van der Waals surface area contributed by atoms with Gasteiger partial charge in [0.05, 0.1) is 69.5 Å². The van der Waals surface area contributed by atoms with Crippen LogP contribution in [0.1, 0.15) is 91.5 Å². The number of ether oxygens (including phenoxy) is 4. The van der Waals surface area contributed by atoms with E-state index in [-0.39, 0.29) is 99.7 Å². The molecular formula is C47H74N8O11. The zero-order chi connectivity index (χ0) is 48.5. The maximum atomic E-state index is 14.6. The molecule has 2 bridgehead atoms. The molecule has 0 aromatic heterocycles. The maximum Gasteiger partial charge on any atom is 0.326 e. The first-order chi connectivity index (χ1) is 31.6. The number of carboxylic acid groups (broad SMARTS) is 1. The van der Waals surface area contributed by atoms with Crippen molar-refractivity contribution in [3.8, 4) is 0 Å². The number of hydrogen-bond donors (Lipinski definition) is 3. The van der Waals surface area contributed by atoms with Gasteiger partial charge < -0.3 is 49.4 Å². The second kappa shape index (κ2) is 26.5. The number of nitrogens with zero attached hydrogens (tertiary/aromatic N) is 6. The smallest absolute Gasteiger partial charge is 0.326 e. The Morgan fingerprint density at radius 1 is 0.939 bits per heavy atom. The Morgan fingerprint density at radius 3 is 2.26 bits per heavy atom. The number of aliphatic carboxylic acids is 1. The molecule has 3 fully saturated rings. The third kappa shape index (κ3) is 14.1. The average Bonchev–Trinajstić information content (AvgIpc) is 4.08. The van der Waals surface area contributed by atoms with Crippen molar-refractivity contribution < 1.29 is 52.8 Å². The van der Waals surface area contributed by atoms with E-state index in [1.165, 1.54) is 14.2 Å². The number of likely N-dealkylation sites (tertiary alicyclic amines) is 2. The molecule has 66 heavy (non-hydrogen) atoms. The molecule has 0 unspecified atom stereocenters. The second-order valence-corrected chi connectivity index (χ2v) is 18.3. The maximum absolute atomic E-state index is 14.6. The summed E-state index contributed by atoms with van der Waals surface area (Å²) in [5.41, 5.74) is 9.14. The Hall–Kier alpha value is -4.81. The van der Waals surface area contributed by atoms with Crippen molar-refractivity contribution in [3.05, 3.63) is 46.3 Å². The van der Waals surface area contributed by atoms with Gasteiger partial charge in [-0.1, -0.05) is 76.5 Å². The number of carboxylic acids is 1. The summed E-state index contributed by atoms with van der Waals surface area (Å²) < 4.78 is 22.9. The van der Waals surface area contributed by atoms with Crippen LogP contribution in [0.3, 0.4) is 0 Å². The molecule has 1 aromatic rings. The molecular weight excluding hydrogens is 853 g/mol. The molecule has 5 amide bonds. The van der Waals surface area contributed by atoms with E-state index in [0.717, 1.165) is 24.8 Å². The van der Waals surface area contributed by atoms with Gasteiger partial charge in [0.15, 0.2) is 0 Å². The molecule has 0 spiro atoms. The molecule has 2 heterocycles. The number of azide groups is 1. The number of amides is 5. The van der Waals surface area contributed by atoms with Crippen molar-refractivity contribution >= 4 is 35.5 Å². The van der Waals surface area contributed by atoms with Gasteiger partial charge in [-0.3, -0.25) is 24.0 Å². The molecule has 0 radical (unpaired) electrons. The van der Waals surface area contributed by atoms with Gasteiger partial charge >= 0.3 is 5.97 Å². The predicted molar refractivity (Wildman–Crippen MR) is 245 cm³/mol. The van der Waals surface area contributed by atoms with E-state index in [1.807, 2.05) is 45.9 Å². The first-order valence-corrected chi connectivity index (χ1v) is 23.6. The number of carbonyl (C=O) groups is 6. The molecule has 1 aromatic carbocycles. The minimum atomic E-state index is -1.16. The lowest BCUT2D eigenvalue weighted by Crippen LogP contribution is -2.60. The predicted octanol–water partition coefficient (Wildman–Crippen LogP) is 3.97. The van der Waals surface area contributed by atoms with Crippen molar-refractivity contribution in [2.45, 2.75) is 141 Å². The van der Waals surface area contributed by atoms with Gasteiger partial charge in [0.25, 0.3) is 0 Å². The highest BCUT2D eigenvalue weighted by atomic mass is 16.5. The molecule has 11 atom stereocenters. The van der Waals surface area contributed by atoms with Crippen LogP contribution in [0.4, 0.5) is 0 Å². The Kier molecular flexibility index (Phi) is 21.6. The third-order valence-electron chi connectivity index (χ3n) is 13.8.